The van der Waals surface area contributed by atoms with Crippen LogP contribution in [-0.4, -0.2) is 35.9 Å². The predicted molar refractivity (Wildman–Crippen MR) is 66.8 cm³/mol. The summed E-state index contributed by atoms with van der Waals surface area (Å²) in [7, 11) is 0. The summed E-state index contributed by atoms with van der Waals surface area (Å²) in [6.07, 6.45) is 2.41. The molecular formula is C13H20N2O4. The van der Waals surface area contributed by atoms with Crippen LogP contribution in [-0.2, 0) is 14.3 Å². The largest absolute Gasteiger partial charge is 0.465 e. The maximum Gasteiger partial charge on any atom is 0.318 e. The Kier molecular flexibility index (Phi) is 4.90. The van der Waals surface area contributed by atoms with E-state index in [1.807, 2.05) is 6.92 Å². The van der Waals surface area contributed by atoms with Crippen molar-refractivity contribution < 1.29 is 18.8 Å². The average molecular weight is 268 g/mol. The lowest BCUT2D eigenvalue weighted by atomic mass is 10.0. The minimum absolute atomic E-state index is 0.182. The molecule has 0 aromatic carbocycles. The van der Waals surface area contributed by atoms with Gasteiger partial charge in [0.05, 0.1) is 13.2 Å². The number of carbonyl (C=O) groups is 1. The van der Waals surface area contributed by atoms with Gasteiger partial charge in [-0.2, -0.15) is 4.98 Å². The predicted octanol–water partition coefficient (Wildman–Crippen LogP) is 2.02. The molecule has 1 aromatic heterocycles. The average Bonchev–Trinajstić information content (AvgIpc) is 3.06. The Hall–Kier alpha value is -1.43. The molecule has 0 bridgehead atoms. The number of hydrogen-bond donors (Lipinski definition) is 0. The van der Waals surface area contributed by atoms with Gasteiger partial charge >= 0.3 is 5.97 Å². The van der Waals surface area contributed by atoms with Crippen molar-refractivity contribution in [3.63, 3.8) is 0 Å². The molecule has 2 atom stereocenters. The molecule has 0 N–H and O–H groups in total. The first-order valence-corrected chi connectivity index (χ1v) is 6.84. The minimum atomic E-state index is -0.450. The van der Waals surface area contributed by atoms with Gasteiger partial charge < -0.3 is 14.0 Å². The van der Waals surface area contributed by atoms with Crippen molar-refractivity contribution >= 4 is 5.97 Å². The van der Waals surface area contributed by atoms with E-state index in [2.05, 4.69) is 10.1 Å². The number of hydrogen-bond acceptors (Lipinski definition) is 6. The molecule has 1 aromatic rings. The highest BCUT2D eigenvalue weighted by atomic mass is 16.5. The molecule has 0 spiro atoms. The van der Waals surface area contributed by atoms with E-state index in [1.54, 1.807) is 6.92 Å². The van der Waals surface area contributed by atoms with E-state index < -0.39 is 5.92 Å². The van der Waals surface area contributed by atoms with Gasteiger partial charge in [-0.3, -0.25) is 4.79 Å². The molecule has 1 fully saturated rings. The van der Waals surface area contributed by atoms with Crippen LogP contribution in [0, 0.1) is 0 Å². The van der Waals surface area contributed by atoms with Gasteiger partial charge in [-0.15, -0.1) is 0 Å². The smallest absolute Gasteiger partial charge is 0.318 e. The molecule has 2 rings (SSSR count). The number of esters is 1. The quantitative estimate of drug-likeness (QED) is 0.735. The summed E-state index contributed by atoms with van der Waals surface area (Å²) < 4.78 is 15.6. The molecule has 2 heterocycles. The SMILES string of the molecule is CCCC(C(=O)OCC)c1nc(C2CCOC2)no1. The molecule has 19 heavy (non-hydrogen) atoms. The standard InChI is InChI=1S/C13H20N2O4/c1-3-5-10(13(16)18-4-2)12-14-11(15-19-12)9-6-7-17-8-9/h9-10H,3-8H2,1-2H3. The second kappa shape index (κ2) is 6.65. The first-order chi connectivity index (χ1) is 9.26. The van der Waals surface area contributed by atoms with Crippen LogP contribution in [0.15, 0.2) is 4.52 Å². The van der Waals surface area contributed by atoms with Crippen molar-refractivity contribution in [1.29, 1.82) is 0 Å². The lowest BCUT2D eigenvalue weighted by Gasteiger charge is -2.09. The first-order valence-electron chi connectivity index (χ1n) is 6.84. The molecule has 2 unspecified atom stereocenters. The second-order valence-corrected chi connectivity index (χ2v) is 4.64. The lowest BCUT2D eigenvalue weighted by molar-refractivity contribution is -0.145. The third kappa shape index (κ3) is 3.32. The molecule has 0 radical (unpaired) electrons. The van der Waals surface area contributed by atoms with Crippen LogP contribution in [0.2, 0.25) is 0 Å². The van der Waals surface area contributed by atoms with E-state index in [9.17, 15) is 4.79 Å². The van der Waals surface area contributed by atoms with Crippen molar-refractivity contribution in [3.8, 4) is 0 Å². The Balaban J connectivity index is 2.10. The number of nitrogens with zero attached hydrogens (tertiary/aromatic N) is 2. The highest BCUT2D eigenvalue weighted by Crippen LogP contribution is 2.26. The van der Waals surface area contributed by atoms with E-state index in [4.69, 9.17) is 14.0 Å². The van der Waals surface area contributed by atoms with Gasteiger partial charge in [-0.05, 0) is 19.8 Å². The Morgan fingerprint density at radius 3 is 3.00 bits per heavy atom. The highest BCUT2D eigenvalue weighted by Gasteiger charge is 2.30. The van der Waals surface area contributed by atoms with Crippen LogP contribution in [0.1, 0.15) is 56.7 Å². The van der Waals surface area contributed by atoms with Gasteiger partial charge in [-0.25, -0.2) is 0 Å². The van der Waals surface area contributed by atoms with Crippen molar-refractivity contribution in [3.05, 3.63) is 11.7 Å². The van der Waals surface area contributed by atoms with Crippen LogP contribution in [0.3, 0.4) is 0 Å². The minimum Gasteiger partial charge on any atom is -0.465 e. The van der Waals surface area contributed by atoms with Crippen LogP contribution < -0.4 is 0 Å². The highest BCUT2D eigenvalue weighted by molar-refractivity contribution is 5.76. The van der Waals surface area contributed by atoms with E-state index in [0.29, 0.717) is 31.3 Å². The monoisotopic (exact) mass is 268 g/mol. The first kappa shape index (κ1) is 14.0. The normalized spacial score (nSPS) is 20.4. The number of carbonyl (C=O) groups excluding carboxylic acids is 1. The summed E-state index contributed by atoms with van der Waals surface area (Å²) in [4.78, 5) is 16.2. The molecule has 6 nitrogen and oxygen atoms in total. The zero-order valence-corrected chi connectivity index (χ0v) is 11.4. The molecule has 1 aliphatic rings. The van der Waals surface area contributed by atoms with Gasteiger partial charge in [0.2, 0.25) is 5.89 Å². The Morgan fingerprint density at radius 2 is 2.37 bits per heavy atom. The van der Waals surface area contributed by atoms with E-state index in [0.717, 1.165) is 19.4 Å². The molecule has 0 amide bonds. The van der Waals surface area contributed by atoms with E-state index in [-0.39, 0.29) is 11.9 Å². The van der Waals surface area contributed by atoms with Gasteiger partial charge in [-0.1, -0.05) is 18.5 Å². The van der Waals surface area contributed by atoms with Crippen molar-refractivity contribution in [2.75, 3.05) is 19.8 Å². The van der Waals surface area contributed by atoms with Crippen LogP contribution in [0.5, 0.6) is 0 Å². The number of ether oxygens (including phenoxy) is 2. The molecule has 1 aliphatic heterocycles. The van der Waals surface area contributed by atoms with Crippen LogP contribution in [0.4, 0.5) is 0 Å². The molecule has 0 saturated carbocycles. The second-order valence-electron chi connectivity index (χ2n) is 4.64. The van der Waals surface area contributed by atoms with Gasteiger partial charge in [0.15, 0.2) is 5.82 Å². The molecular weight excluding hydrogens is 248 g/mol. The number of aromatic nitrogens is 2. The summed E-state index contributed by atoms with van der Waals surface area (Å²) >= 11 is 0. The summed E-state index contributed by atoms with van der Waals surface area (Å²) in [6.45, 7) is 5.50. The zero-order valence-electron chi connectivity index (χ0n) is 11.4. The Labute approximate surface area is 112 Å². The maximum absolute atomic E-state index is 11.9. The van der Waals surface area contributed by atoms with Crippen molar-refractivity contribution in [2.45, 2.75) is 44.9 Å². The number of rotatable bonds is 6. The summed E-state index contributed by atoms with van der Waals surface area (Å²) in [5.74, 6) is 0.442. The van der Waals surface area contributed by atoms with Gasteiger partial charge in [0.1, 0.15) is 5.92 Å². The fourth-order valence-corrected chi connectivity index (χ4v) is 2.17. The van der Waals surface area contributed by atoms with Gasteiger partial charge in [0, 0.05) is 12.5 Å². The fraction of sp³-hybridized carbons (Fsp3) is 0.769. The molecule has 106 valence electrons. The van der Waals surface area contributed by atoms with Crippen LogP contribution in [0.25, 0.3) is 0 Å². The molecule has 0 aliphatic carbocycles. The Bertz CT molecular complexity index is 413. The van der Waals surface area contributed by atoms with Crippen molar-refractivity contribution in [2.24, 2.45) is 0 Å². The molecule has 1 saturated heterocycles. The topological polar surface area (TPSA) is 74.5 Å². The molecule has 6 heteroatoms. The van der Waals surface area contributed by atoms with Crippen LogP contribution >= 0.6 is 0 Å². The Morgan fingerprint density at radius 1 is 1.53 bits per heavy atom. The summed E-state index contributed by atoms with van der Waals surface area (Å²) in [5.41, 5.74) is 0. The van der Waals surface area contributed by atoms with E-state index in [1.165, 1.54) is 0 Å². The zero-order chi connectivity index (χ0) is 13.7. The summed E-state index contributed by atoms with van der Waals surface area (Å²) in [6, 6.07) is 0. The lowest BCUT2D eigenvalue weighted by Crippen LogP contribution is -2.16. The summed E-state index contributed by atoms with van der Waals surface area (Å²) in [5, 5.41) is 3.97. The van der Waals surface area contributed by atoms with Gasteiger partial charge in [0.25, 0.3) is 0 Å². The third-order valence-corrected chi connectivity index (χ3v) is 3.20. The van der Waals surface area contributed by atoms with Crippen molar-refractivity contribution in [1.82, 2.24) is 10.1 Å². The third-order valence-electron chi connectivity index (χ3n) is 3.20. The maximum atomic E-state index is 11.9. The fourth-order valence-electron chi connectivity index (χ4n) is 2.17. The van der Waals surface area contributed by atoms with E-state index >= 15 is 0 Å².